The fourth-order valence-corrected chi connectivity index (χ4v) is 5.57. The van der Waals surface area contributed by atoms with Gasteiger partial charge in [-0.05, 0) is 42.5 Å². The third-order valence-electron chi connectivity index (χ3n) is 5.06. The molecule has 0 aliphatic heterocycles. The van der Waals surface area contributed by atoms with Gasteiger partial charge in [0.1, 0.15) is 21.9 Å². The number of rotatable bonds is 3. The van der Waals surface area contributed by atoms with E-state index in [1.54, 1.807) is 34.8 Å². The summed E-state index contributed by atoms with van der Waals surface area (Å²) < 4.78 is 7.92. The van der Waals surface area contributed by atoms with Crippen LogP contribution >= 0.6 is 22.7 Å². The lowest BCUT2D eigenvalue weighted by atomic mass is 10.1. The van der Waals surface area contributed by atoms with Gasteiger partial charge in [-0.25, -0.2) is 9.97 Å². The van der Waals surface area contributed by atoms with Crippen LogP contribution < -0.4 is 5.43 Å². The largest absolute Gasteiger partial charge is 0.463 e. The molecule has 0 saturated heterocycles. The highest BCUT2D eigenvalue weighted by Crippen LogP contribution is 2.36. The van der Waals surface area contributed by atoms with E-state index >= 15 is 0 Å². The van der Waals surface area contributed by atoms with Gasteiger partial charge in [0, 0.05) is 5.57 Å². The van der Waals surface area contributed by atoms with Crippen molar-refractivity contribution in [2.45, 2.75) is 0 Å². The van der Waals surface area contributed by atoms with E-state index < -0.39 is 0 Å². The van der Waals surface area contributed by atoms with Gasteiger partial charge >= 0.3 is 0 Å². The number of fused-ring (bicyclic) bond motifs is 3. The first-order valence-electron chi connectivity index (χ1n) is 9.70. The molecule has 0 aliphatic rings. The van der Waals surface area contributed by atoms with Crippen LogP contribution in [0.15, 0.2) is 88.3 Å². The van der Waals surface area contributed by atoms with E-state index in [2.05, 4.69) is 12.1 Å². The molecule has 0 unspecified atom stereocenters. The Labute approximate surface area is 184 Å². The van der Waals surface area contributed by atoms with Gasteiger partial charge in [-0.3, -0.25) is 4.79 Å². The van der Waals surface area contributed by atoms with E-state index in [4.69, 9.17) is 14.4 Å². The van der Waals surface area contributed by atoms with E-state index in [-0.39, 0.29) is 5.43 Å². The van der Waals surface area contributed by atoms with Crippen molar-refractivity contribution in [2.24, 2.45) is 0 Å². The first-order chi connectivity index (χ1) is 15.3. The molecule has 0 bridgehead atoms. The molecule has 6 rings (SSSR count). The standard InChI is InChI=1S/C25H14N2O2S2/c28-23-15(14-29-20-10-4-1-7-16(20)23)13-17(24-26-18-8-2-5-11-21(18)30-24)25-27-19-9-3-6-12-22(19)31-25/h1-14H. The Kier molecular flexibility index (Phi) is 4.26. The number of hydrogen-bond acceptors (Lipinski definition) is 6. The summed E-state index contributed by atoms with van der Waals surface area (Å²) in [5.74, 6) is 0. The van der Waals surface area contributed by atoms with Gasteiger partial charge < -0.3 is 4.42 Å². The average Bonchev–Trinajstić information content (AvgIpc) is 3.43. The molecule has 0 spiro atoms. The second-order valence-corrected chi connectivity index (χ2v) is 9.11. The van der Waals surface area contributed by atoms with Crippen molar-refractivity contribution in [1.29, 1.82) is 0 Å². The Morgan fingerprint density at radius 3 is 2.00 bits per heavy atom. The minimum Gasteiger partial charge on any atom is -0.463 e. The fraction of sp³-hybridized carbons (Fsp3) is 0. The summed E-state index contributed by atoms with van der Waals surface area (Å²) in [4.78, 5) is 22.8. The summed E-state index contributed by atoms with van der Waals surface area (Å²) >= 11 is 3.19. The Morgan fingerprint density at radius 1 is 0.774 bits per heavy atom. The lowest BCUT2D eigenvalue weighted by Gasteiger charge is -2.02. The third-order valence-corrected chi connectivity index (χ3v) is 7.19. The van der Waals surface area contributed by atoms with Gasteiger partial charge in [0.2, 0.25) is 0 Å². The zero-order valence-electron chi connectivity index (χ0n) is 16.1. The number of thiazole rings is 2. The molecular formula is C25H14N2O2S2. The third kappa shape index (κ3) is 3.17. The van der Waals surface area contributed by atoms with Gasteiger partial charge in [0.25, 0.3) is 0 Å². The molecule has 31 heavy (non-hydrogen) atoms. The van der Waals surface area contributed by atoms with Gasteiger partial charge in [-0.15, -0.1) is 22.7 Å². The molecule has 0 saturated carbocycles. The van der Waals surface area contributed by atoms with Gasteiger partial charge in [-0.2, -0.15) is 0 Å². The molecule has 0 N–H and O–H groups in total. The van der Waals surface area contributed by atoms with Crippen LogP contribution in [0.25, 0.3) is 43.1 Å². The van der Waals surface area contributed by atoms with Crippen molar-refractivity contribution >= 4 is 65.7 Å². The van der Waals surface area contributed by atoms with Crippen molar-refractivity contribution in [3.05, 3.63) is 105 Å². The van der Waals surface area contributed by atoms with E-state index in [1.807, 2.05) is 54.6 Å². The molecule has 3 aromatic heterocycles. The lowest BCUT2D eigenvalue weighted by molar-refractivity contribution is 0.601. The lowest BCUT2D eigenvalue weighted by Crippen LogP contribution is -2.05. The molecule has 6 heteroatoms. The number of hydrogen-bond donors (Lipinski definition) is 0. The van der Waals surface area contributed by atoms with Crippen molar-refractivity contribution in [3.8, 4) is 0 Å². The average molecular weight is 439 g/mol. The van der Waals surface area contributed by atoms with Crippen LogP contribution in [0.5, 0.6) is 0 Å². The zero-order chi connectivity index (χ0) is 20.8. The highest BCUT2D eigenvalue weighted by atomic mass is 32.1. The molecule has 0 radical (unpaired) electrons. The number of benzene rings is 3. The van der Waals surface area contributed by atoms with Crippen molar-refractivity contribution in [3.63, 3.8) is 0 Å². The fourth-order valence-electron chi connectivity index (χ4n) is 3.54. The predicted molar refractivity (Wildman–Crippen MR) is 129 cm³/mol. The van der Waals surface area contributed by atoms with Gasteiger partial charge in [0.15, 0.2) is 5.43 Å². The Bertz CT molecular complexity index is 1530. The molecule has 6 aromatic rings. The second-order valence-electron chi connectivity index (χ2n) is 7.05. The normalized spacial score (nSPS) is 11.4. The van der Waals surface area contributed by atoms with Crippen LogP contribution in [-0.2, 0) is 0 Å². The molecule has 148 valence electrons. The topological polar surface area (TPSA) is 56.0 Å². The second kappa shape index (κ2) is 7.27. The summed E-state index contributed by atoms with van der Waals surface area (Å²) in [5, 5.41) is 2.21. The quantitative estimate of drug-likeness (QED) is 0.312. The minimum absolute atomic E-state index is 0.0680. The molecule has 3 aromatic carbocycles. The smallest absolute Gasteiger partial charge is 0.199 e. The summed E-state index contributed by atoms with van der Waals surface area (Å²) in [5.41, 5.74) is 3.67. The molecule has 0 amide bonds. The maximum Gasteiger partial charge on any atom is 0.199 e. The van der Waals surface area contributed by atoms with Gasteiger partial charge in [-0.1, -0.05) is 36.4 Å². The molecule has 0 atom stereocenters. The van der Waals surface area contributed by atoms with Crippen LogP contribution in [0.2, 0.25) is 0 Å². The summed E-state index contributed by atoms with van der Waals surface area (Å²) in [6.07, 6.45) is 3.37. The van der Waals surface area contributed by atoms with Crippen molar-refractivity contribution < 1.29 is 4.42 Å². The molecule has 3 heterocycles. The molecule has 0 aliphatic carbocycles. The zero-order valence-corrected chi connectivity index (χ0v) is 17.7. The number of para-hydroxylation sites is 3. The Balaban J connectivity index is 1.61. The van der Waals surface area contributed by atoms with Crippen LogP contribution in [0.4, 0.5) is 0 Å². The Morgan fingerprint density at radius 2 is 1.35 bits per heavy atom. The highest BCUT2D eigenvalue weighted by Gasteiger charge is 2.17. The van der Waals surface area contributed by atoms with E-state index in [0.29, 0.717) is 16.5 Å². The number of aromatic nitrogens is 2. The molecule has 4 nitrogen and oxygen atoms in total. The highest BCUT2D eigenvalue weighted by molar-refractivity contribution is 7.22. The van der Waals surface area contributed by atoms with Gasteiger partial charge in [0.05, 0.1) is 31.4 Å². The van der Waals surface area contributed by atoms with Crippen molar-refractivity contribution in [2.75, 3.05) is 0 Å². The van der Waals surface area contributed by atoms with E-state index in [0.717, 1.165) is 36.0 Å². The van der Waals surface area contributed by atoms with Crippen LogP contribution in [0, 0.1) is 0 Å². The summed E-state index contributed by atoms with van der Waals surface area (Å²) in [7, 11) is 0. The minimum atomic E-state index is -0.0680. The Hall–Kier alpha value is -3.61. The van der Waals surface area contributed by atoms with E-state index in [9.17, 15) is 4.79 Å². The first kappa shape index (κ1) is 18.2. The van der Waals surface area contributed by atoms with E-state index in [1.165, 1.54) is 6.26 Å². The summed E-state index contributed by atoms with van der Waals surface area (Å²) in [6, 6.07) is 23.3. The summed E-state index contributed by atoms with van der Waals surface area (Å²) in [6.45, 7) is 0. The number of nitrogens with zero attached hydrogens (tertiary/aromatic N) is 2. The maximum absolute atomic E-state index is 13.1. The predicted octanol–water partition coefficient (Wildman–Crippen LogP) is 6.60. The SMILES string of the molecule is O=c1c(C=C(c2nc3ccccc3s2)c2nc3ccccc3s2)coc2ccccc12. The van der Waals surface area contributed by atoms with Crippen molar-refractivity contribution in [1.82, 2.24) is 9.97 Å². The van der Waals surface area contributed by atoms with Crippen LogP contribution in [0.1, 0.15) is 15.6 Å². The maximum atomic E-state index is 13.1. The first-order valence-corrected chi connectivity index (χ1v) is 11.3. The molecular weight excluding hydrogens is 424 g/mol. The van der Waals surface area contributed by atoms with Crippen LogP contribution in [0.3, 0.4) is 0 Å². The molecule has 0 fully saturated rings. The monoisotopic (exact) mass is 438 g/mol. The van der Waals surface area contributed by atoms with Crippen LogP contribution in [-0.4, -0.2) is 9.97 Å².